The third-order valence-electron chi connectivity index (χ3n) is 9.72. The Morgan fingerprint density at radius 3 is 2.58 bits per heavy atom. The SMILES string of the molecule is C[C@]12CC[C@@H](OC(=O)CCC(=O)O)C[C@H]1CC[C@H]1[C@@H]3CC[C@H](CC=O)[C@@]3(C)CC(=O)[C@@H]12. The summed E-state index contributed by atoms with van der Waals surface area (Å²) in [5.74, 6) is 0.710. The van der Waals surface area contributed by atoms with Gasteiger partial charge in [0.15, 0.2) is 0 Å². The van der Waals surface area contributed by atoms with Gasteiger partial charge in [-0.05, 0) is 79.4 Å². The standard InChI is InChI=1S/C25H36O6/c1-24-11-9-17(31-22(30)8-7-21(28)29)13-16(24)3-5-18-19-6-4-15(10-12-26)25(19,2)14-20(27)23(18)24/h12,15-19,23H,3-11,13-14H2,1-2H3,(H,28,29)/t15-,16-,17-,18+,19+,23-,24+,25-/m1/s1. The van der Waals surface area contributed by atoms with Crippen LogP contribution in [0.3, 0.4) is 0 Å². The normalized spacial score (nSPS) is 44.0. The summed E-state index contributed by atoms with van der Waals surface area (Å²) in [4.78, 5) is 47.5. The van der Waals surface area contributed by atoms with Crippen molar-refractivity contribution in [2.45, 2.75) is 90.6 Å². The maximum atomic E-state index is 13.6. The fraction of sp³-hybridized carbons (Fsp3) is 0.840. The zero-order valence-corrected chi connectivity index (χ0v) is 18.8. The molecule has 31 heavy (non-hydrogen) atoms. The van der Waals surface area contributed by atoms with Crippen LogP contribution in [0.15, 0.2) is 0 Å². The van der Waals surface area contributed by atoms with Crippen molar-refractivity contribution in [3.63, 3.8) is 0 Å². The Morgan fingerprint density at radius 1 is 1.10 bits per heavy atom. The number of aldehydes is 1. The molecular weight excluding hydrogens is 396 g/mol. The molecule has 0 unspecified atom stereocenters. The molecule has 0 radical (unpaired) electrons. The van der Waals surface area contributed by atoms with Crippen molar-refractivity contribution in [2.75, 3.05) is 0 Å². The number of hydrogen-bond donors (Lipinski definition) is 1. The highest BCUT2D eigenvalue weighted by molar-refractivity contribution is 5.84. The second-order valence-electron chi connectivity index (χ2n) is 11.1. The molecule has 0 amide bonds. The molecule has 0 saturated heterocycles. The maximum Gasteiger partial charge on any atom is 0.306 e. The molecule has 0 aromatic rings. The summed E-state index contributed by atoms with van der Waals surface area (Å²) in [6.07, 6.45) is 8.47. The van der Waals surface area contributed by atoms with Gasteiger partial charge in [0.05, 0.1) is 12.8 Å². The van der Waals surface area contributed by atoms with Crippen molar-refractivity contribution in [1.82, 2.24) is 0 Å². The van der Waals surface area contributed by atoms with Gasteiger partial charge in [-0.3, -0.25) is 14.4 Å². The van der Waals surface area contributed by atoms with Gasteiger partial charge in [0.1, 0.15) is 18.2 Å². The van der Waals surface area contributed by atoms with Crippen LogP contribution in [-0.2, 0) is 23.9 Å². The summed E-state index contributed by atoms with van der Waals surface area (Å²) in [6, 6.07) is 0. The minimum Gasteiger partial charge on any atom is -0.481 e. The summed E-state index contributed by atoms with van der Waals surface area (Å²) in [6.45, 7) is 4.55. The first kappa shape index (κ1) is 22.5. The smallest absolute Gasteiger partial charge is 0.306 e. The maximum absolute atomic E-state index is 13.6. The predicted octanol–water partition coefficient (Wildman–Crippen LogP) is 4.19. The Kier molecular flexibility index (Phi) is 6.04. The predicted molar refractivity (Wildman–Crippen MR) is 113 cm³/mol. The molecule has 8 atom stereocenters. The van der Waals surface area contributed by atoms with Crippen LogP contribution in [0.1, 0.15) is 84.5 Å². The van der Waals surface area contributed by atoms with Crippen LogP contribution in [0.5, 0.6) is 0 Å². The number of hydrogen-bond acceptors (Lipinski definition) is 5. The van der Waals surface area contributed by atoms with Crippen LogP contribution in [-0.4, -0.2) is 35.2 Å². The molecule has 4 fully saturated rings. The lowest BCUT2D eigenvalue weighted by atomic mass is 9.44. The van der Waals surface area contributed by atoms with Crippen molar-refractivity contribution in [2.24, 2.45) is 40.4 Å². The van der Waals surface area contributed by atoms with Crippen molar-refractivity contribution in [3.8, 4) is 0 Å². The zero-order valence-electron chi connectivity index (χ0n) is 18.8. The van der Waals surface area contributed by atoms with Crippen LogP contribution in [0.4, 0.5) is 0 Å². The lowest BCUT2D eigenvalue weighted by molar-refractivity contribution is -0.170. The number of fused-ring (bicyclic) bond motifs is 5. The number of rotatable bonds is 6. The van der Waals surface area contributed by atoms with Crippen molar-refractivity contribution >= 4 is 24.0 Å². The molecule has 0 aliphatic heterocycles. The van der Waals surface area contributed by atoms with E-state index in [4.69, 9.17) is 9.84 Å². The van der Waals surface area contributed by atoms with Crippen LogP contribution in [0.2, 0.25) is 0 Å². The number of carbonyl (C=O) groups is 4. The van der Waals surface area contributed by atoms with Gasteiger partial charge in [0.25, 0.3) is 0 Å². The monoisotopic (exact) mass is 432 g/mol. The molecule has 4 rings (SSSR count). The first-order chi connectivity index (χ1) is 14.7. The van der Waals surface area contributed by atoms with Crippen LogP contribution in [0.25, 0.3) is 0 Å². The van der Waals surface area contributed by atoms with Crippen molar-refractivity contribution < 1.29 is 29.0 Å². The lowest BCUT2D eigenvalue weighted by Crippen LogP contribution is -2.57. The van der Waals surface area contributed by atoms with Gasteiger partial charge in [-0.15, -0.1) is 0 Å². The molecular formula is C25H36O6. The molecule has 0 spiro atoms. The van der Waals surface area contributed by atoms with E-state index >= 15 is 0 Å². The molecule has 0 bridgehead atoms. The van der Waals surface area contributed by atoms with Crippen molar-refractivity contribution in [1.29, 1.82) is 0 Å². The first-order valence-corrected chi connectivity index (χ1v) is 12.1. The van der Waals surface area contributed by atoms with E-state index in [-0.39, 0.29) is 35.7 Å². The summed E-state index contributed by atoms with van der Waals surface area (Å²) in [7, 11) is 0. The van der Waals surface area contributed by atoms with Gasteiger partial charge in [-0.25, -0.2) is 0 Å². The van der Waals surface area contributed by atoms with Crippen LogP contribution >= 0.6 is 0 Å². The Morgan fingerprint density at radius 2 is 1.87 bits per heavy atom. The summed E-state index contributed by atoms with van der Waals surface area (Å²) < 4.78 is 5.60. The number of aliphatic carboxylic acids is 1. The quantitative estimate of drug-likeness (QED) is 0.499. The number of ether oxygens (including phenoxy) is 1. The van der Waals surface area contributed by atoms with E-state index in [9.17, 15) is 19.2 Å². The fourth-order valence-corrected chi connectivity index (χ4v) is 8.20. The highest BCUT2D eigenvalue weighted by Gasteiger charge is 2.63. The minimum atomic E-state index is -0.989. The highest BCUT2D eigenvalue weighted by atomic mass is 16.5. The molecule has 4 aliphatic carbocycles. The second-order valence-corrected chi connectivity index (χ2v) is 11.1. The largest absolute Gasteiger partial charge is 0.481 e. The lowest BCUT2D eigenvalue weighted by Gasteiger charge is -2.60. The number of Topliss-reactive ketones (excluding diaryl/α,β-unsaturated/α-hetero) is 1. The molecule has 172 valence electrons. The van der Waals surface area contributed by atoms with Gasteiger partial charge >= 0.3 is 11.9 Å². The molecule has 4 aliphatic rings. The number of carbonyl (C=O) groups excluding carboxylic acids is 3. The minimum absolute atomic E-state index is 0.0285. The average molecular weight is 433 g/mol. The fourth-order valence-electron chi connectivity index (χ4n) is 8.20. The van der Waals surface area contributed by atoms with Gasteiger partial charge in [0, 0.05) is 18.8 Å². The third kappa shape index (κ3) is 3.84. The third-order valence-corrected chi connectivity index (χ3v) is 9.72. The van der Waals surface area contributed by atoms with E-state index < -0.39 is 11.9 Å². The molecule has 0 heterocycles. The molecule has 6 heteroatoms. The van der Waals surface area contributed by atoms with Gasteiger partial charge < -0.3 is 14.6 Å². The Balaban J connectivity index is 1.46. The summed E-state index contributed by atoms with van der Waals surface area (Å²) in [5, 5.41) is 8.76. The number of ketones is 1. The van der Waals surface area contributed by atoms with E-state index in [2.05, 4.69) is 13.8 Å². The zero-order chi connectivity index (χ0) is 22.4. The van der Waals surface area contributed by atoms with E-state index in [1.54, 1.807) is 0 Å². The van der Waals surface area contributed by atoms with E-state index in [1.165, 1.54) is 0 Å². The average Bonchev–Trinajstić information content (AvgIpc) is 3.02. The van der Waals surface area contributed by atoms with E-state index in [1.807, 2.05) is 0 Å². The Labute approximate surface area is 184 Å². The van der Waals surface area contributed by atoms with E-state index in [0.717, 1.165) is 51.2 Å². The van der Waals surface area contributed by atoms with Gasteiger partial charge in [-0.2, -0.15) is 0 Å². The first-order valence-electron chi connectivity index (χ1n) is 12.1. The van der Waals surface area contributed by atoms with Gasteiger partial charge in [-0.1, -0.05) is 13.8 Å². The molecule has 1 N–H and O–H groups in total. The molecule has 4 saturated carbocycles. The molecule has 0 aromatic heterocycles. The number of carboxylic acids is 1. The number of carboxylic acid groups (broad SMARTS) is 1. The summed E-state index contributed by atoms with van der Waals surface area (Å²) >= 11 is 0. The van der Waals surface area contributed by atoms with E-state index in [0.29, 0.717) is 42.3 Å². The Hall–Kier alpha value is -1.72. The Bertz CT molecular complexity index is 761. The van der Waals surface area contributed by atoms with Crippen LogP contribution in [0, 0.1) is 40.4 Å². The van der Waals surface area contributed by atoms with Crippen molar-refractivity contribution in [3.05, 3.63) is 0 Å². The number of esters is 1. The topological polar surface area (TPSA) is 97.7 Å². The molecule has 0 aromatic carbocycles. The second kappa shape index (κ2) is 8.32. The summed E-state index contributed by atoms with van der Waals surface area (Å²) in [5.41, 5.74) is -0.0761. The highest BCUT2D eigenvalue weighted by Crippen LogP contribution is 2.66. The van der Waals surface area contributed by atoms with Crippen LogP contribution < -0.4 is 0 Å². The van der Waals surface area contributed by atoms with Gasteiger partial charge in [0.2, 0.25) is 0 Å². The molecule has 6 nitrogen and oxygen atoms in total.